The number of anilines is 1. The highest BCUT2D eigenvalue weighted by Crippen LogP contribution is 2.39. The first-order chi connectivity index (χ1) is 16.5. The van der Waals surface area contributed by atoms with Crippen LogP contribution in [-0.4, -0.2) is 45.4 Å². The van der Waals surface area contributed by atoms with E-state index in [4.69, 9.17) is 14.6 Å². The number of benzene rings is 1. The minimum absolute atomic E-state index is 0.0755. The molecule has 1 aliphatic carbocycles. The van der Waals surface area contributed by atoms with Crippen LogP contribution in [0.15, 0.2) is 48.9 Å². The minimum Gasteiger partial charge on any atom is -0.499 e. The van der Waals surface area contributed by atoms with Crippen molar-refractivity contribution >= 4 is 22.9 Å². The molecule has 9 heteroatoms. The summed E-state index contributed by atoms with van der Waals surface area (Å²) in [5.41, 5.74) is 1.58. The van der Waals surface area contributed by atoms with Gasteiger partial charge in [0.15, 0.2) is 0 Å². The van der Waals surface area contributed by atoms with Gasteiger partial charge in [0.25, 0.3) is 5.91 Å². The monoisotopic (exact) mass is 468 g/mol. The van der Waals surface area contributed by atoms with Crippen molar-refractivity contribution < 1.29 is 23.8 Å². The van der Waals surface area contributed by atoms with E-state index in [2.05, 4.69) is 21.9 Å². The molecule has 1 fully saturated rings. The van der Waals surface area contributed by atoms with Gasteiger partial charge in [-0.1, -0.05) is 12.6 Å². The Kier molecular flexibility index (Phi) is 7.42. The first-order valence-corrected chi connectivity index (χ1v) is 11.5. The summed E-state index contributed by atoms with van der Waals surface area (Å²) in [5, 5.41) is 11.9. The number of ether oxygens (including phenoxy) is 2. The van der Waals surface area contributed by atoms with E-state index in [1.165, 1.54) is 18.2 Å². The Hall–Kier alpha value is -3.46. The highest BCUT2D eigenvalue weighted by atomic mass is 19.1. The van der Waals surface area contributed by atoms with Gasteiger partial charge in [-0.25, -0.2) is 14.4 Å². The third-order valence-electron chi connectivity index (χ3n) is 6.05. The maximum atomic E-state index is 13.6. The summed E-state index contributed by atoms with van der Waals surface area (Å²) in [7, 11) is 0. The van der Waals surface area contributed by atoms with E-state index in [0.29, 0.717) is 29.9 Å². The lowest BCUT2D eigenvalue weighted by molar-refractivity contribution is 0.102. The first kappa shape index (κ1) is 23.7. The van der Waals surface area contributed by atoms with Crippen molar-refractivity contribution in [2.45, 2.75) is 38.6 Å². The smallest absolute Gasteiger partial charge is 0.258 e. The van der Waals surface area contributed by atoms with Gasteiger partial charge >= 0.3 is 0 Å². The third kappa shape index (κ3) is 5.20. The molecule has 0 saturated heterocycles. The van der Waals surface area contributed by atoms with Crippen LogP contribution in [0.2, 0.25) is 0 Å². The summed E-state index contributed by atoms with van der Waals surface area (Å²) in [5.74, 6) is 0.922. The van der Waals surface area contributed by atoms with Crippen molar-refractivity contribution in [3.8, 4) is 5.88 Å². The molecule has 0 unspecified atom stereocenters. The van der Waals surface area contributed by atoms with E-state index < -0.39 is 11.7 Å². The number of fused-ring (bicyclic) bond motifs is 1. The largest absolute Gasteiger partial charge is 0.499 e. The van der Waals surface area contributed by atoms with Gasteiger partial charge in [0.05, 0.1) is 30.7 Å². The van der Waals surface area contributed by atoms with Crippen LogP contribution >= 0.6 is 0 Å². The maximum absolute atomic E-state index is 13.6. The molecule has 1 aromatic carbocycles. The van der Waals surface area contributed by atoms with E-state index in [-0.39, 0.29) is 24.8 Å². The standard InChI is InChI=1S/C25H29FN4O4/c1-3-33-16(2)17-7-9-20(10-8-17)30-22-14-23(34-12-11-31)27-15-21(22)28-25(30)29-24(32)18-5-4-6-19(26)13-18/h4-6,13-15,17,20,31H,2-3,7-12H2,1H3,(H,28,29,32). The van der Waals surface area contributed by atoms with Crippen molar-refractivity contribution in [2.24, 2.45) is 5.92 Å². The van der Waals surface area contributed by atoms with Gasteiger partial charge in [-0.2, -0.15) is 0 Å². The third-order valence-corrected chi connectivity index (χ3v) is 6.05. The molecular weight excluding hydrogens is 439 g/mol. The molecule has 4 rings (SSSR count). The van der Waals surface area contributed by atoms with Gasteiger partial charge in [0, 0.05) is 23.6 Å². The molecule has 0 atom stereocenters. The van der Waals surface area contributed by atoms with Crippen LogP contribution < -0.4 is 10.1 Å². The molecule has 34 heavy (non-hydrogen) atoms. The molecule has 1 amide bonds. The number of aliphatic hydroxyl groups excluding tert-OH is 1. The first-order valence-electron chi connectivity index (χ1n) is 11.5. The number of nitrogens with zero attached hydrogens (tertiary/aromatic N) is 3. The number of aromatic nitrogens is 3. The molecule has 2 heterocycles. The zero-order valence-electron chi connectivity index (χ0n) is 19.2. The number of pyridine rings is 1. The van der Waals surface area contributed by atoms with Crippen molar-refractivity contribution in [2.75, 3.05) is 25.1 Å². The highest BCUT2D eigenvalue weighted by Gasteiger charge is 2.28. The van der Waals surface area contributed by atoms with Crippen LogP contribution in [0.4, 0.5) is 10.3 Å². The van der Waals surface area contributed by atoms with Crippen LogP contribution in [0.25, 0.3) is 11.0 Å². The molecule has 3 aromatic rings. The number of carbonyl (C=O) groups is 1. The van der Waals surface area contributed by atoms with Crippen molar-refractivity contribution in [1.82, 2.24) is 14.5 Å². The summed E-state index contributed by atoms with van der Waals surface area (Å²) in [6, 6.07) is 7.37. The Morgan fingerprint density at radius 1 is 1.29 bits per heavy atom. The van der Waals surface area contributed by atoms with Crippen molar-refractivity contribution in [3.63, 3.8) is 0 Å². The summed E-state index contributed by atoms with van der Waals surface area (Å²) >= 11 is 0. The van der Waals surface area contributed by atoms with Crippen LogP contribution in [0.5, 0.6) is 5.88 Å². The lowest BCUT2D eigenvalue weighted by Gasteiger charge is -2.31. The Morgan fingerprint density at radius 2 is 2.09 bits per heavy atom. The lowest BCUT2D eigenvalue weighted by Crippen LogP contribution is -2.23. The van der Waals surface area contributed by atoms with E-state index >= 15 is 0 Å². The second-order valence-electron chi connectivity index (χ2n) is 8.26. The number of rotatable bonds is 9. The fourth-order valence-electron chi connectivity index (χ4n) is 4.43. The average Bonchev–Trinajstić information content (AvgIpc) is 3.20. The predicted octanol–water partition coefficient (Wildman–Crippen LogP) is 4.48. The predicted molar refractivity (Wildman–Crippen MR) is 126 cm³/mol. The van der Waals surface area contributed by atoms with E-state index in [0.717, 1.165) is 37.0 Å². The van der Waals surface area contributed by atoms with Gasteiger partial charge < -0.3 is 19.1 Å². The van der Waals surface area contributed by atoms with E-state index in [9.17, 15) is 9.18 Å². The van der Waals surface area contributed by atoms with Gasteiger partial charge in [-0.15, -0.1) is 0 Å². The van der Waals surface area contributed by atoms with Crippen molar-refractivity contribution in [3.05, 3.63) is 60.2 Å². The zero-order valence-corrected chi connectivity index (χ0v) is 19.2. The molecule has 8 nitrogen and oxygen atoms in total. The van der Waals surface area contributed by atoms with Gasteiger partial charge in [-0.3, -0.25) is 10.1 Å². The quantitative estimate of drug-likeness (QED) is 0.450. The Bertz CT molecular complexity index is 1170. The number of halogens is 1. The van der Waals surface area contributed by atoms with Crippen molar-refractivity contribution in [1.29, 1.82) is 0 Å². The Labute approximate surface area is 197 Å². The minimum atomic E-state index is -0.483. The highest BCUT2D eigenvalue weighted by molar-refractivity contribution is 6.04. The van der Waals surface area contributed by atoms with E-state index in [1.807, 2.05) is 11.5 Å². The molecule has 1 saturated carbocycles. The lowest BCUT2D eigenvalue weighted by atomic mass is 9.85. The number of nitrogens with one attached hydrogen (secondary N) is 1. The molecular formula is C25H29FN4O4. The Morgan fingerprint density at radius 3 is 2.79 bits per heavy atom. The molecule has 0 spiro atoms. The molecule has 0 aliphatic heterocycles. The zero-order chi connectivity index (χ0) is 24.1. The number of imidazole rings is 1. The fourth-order valence-corrected chi connectivity index (χ4v) is 4.43. The van der Waals surface area contributed by atoms with Crippen LogP contribution in [-0.2, 0) is 4.74 Å². The second kappa shape index (κ2) is 10.6. The number of hydrogen-bond donors (Lipinski definition) is 2. The van der Waals surface area contributed by atoms with E-state index in [1.54, 1.807) is 18.3 Å². The molecule has 0 bridgehead atoms. The fraction of sp³-hybridized carbons (Fsp3) is 0.400. The molecule has 1 aliphatic rings. The van der Waals surface area contributed by atoms with Crippen LogP contribution in [0, 0.1) is 11.7 Å². The van der Waals surface area contributed by atoms with Gasteiger partial charge in [0.1, 0.15) is 17.9 Å². The van der Waals surface area contributed by atoms with Gasteiger partial charge in [0.2, 0.25) is 11.8 Å². The molecule has 2 N–H and O–H groups in total. The van der Waals surface area contributed by atoms with Crippen LogP contribution in [0.1, 0.15) is 49.0 Å². The number of aliphatic hydroxyl groups is 1. The molecule has 180 valence electrons. The summed E-state index contributed by atoms with van der Waals surface area (Å²) < 4.78 is 26.8. The number of allylic oxidation sites excluding steroid dienone is 1. The molecule has 0 radical (unpaired) electrons. The second-order valence-corrected chi connectivity index (χ2v) is 8.26. The maximum Gasteiger partial charge on any atom is 0.258 e. The van der Waals surface area contributed by atoms with Gasteiger partial charge in [-0.05, 0) is 50.8 Å². The topological polar surface area (TPSA) is 98.5 Å². The number of carbonyl (C=O) groups excluding carboxylic acids is 1. The molecule has 2 aromatic heterocycles. The Balaban J connectivity index is 1.65. The number of hydrogen-bond acceptors (Lipinski definition) is 6. The number of amides is 1. The average molecular weight is 469 g/mol. The summed E-state index contributed by atoms with van der Waals surface area (Å²) in [6.07, 6.45) is 5.08. The van der Waals surface area contributed by atoms with Crippen LogP contribution in [0.3, 0.4) is 0 Å². The SMILES string of the molecule is C=C(OCC)C1CCC(n2c(NC(=O)c3cccc(F)c3)nc3cnc(OCCO)cc32)CC1. The summed E-state index contributed by atoms with van der Waals surface area (Å²) in [4.78, 5) is 21.7. The summed E-state index contributed by atoms with van der Waals surface area (Å²) in [6.45, 7) is 6.62. The normalized spacial score (nSPS) is 18.0.